The molecule has 6 nitrogen and oxygen atoms in total. The number of benzene rings is 2. The SMILES string of the molecule is C=CCc1cc(C=Nn2c(C(C)C)nc3ccc(Br)cc3c2=O)cc(OC)c1O. The van der Waals surface area contributed by atoms with Gasteiger partial charge in [-0.3, -0.25) is 4.79 Å². The summed E-state index contributed by atoms with van der Waals surface area (Å²) in [4.78, 5) is 17.7. The molecule has 0 bridgehead atoms. The van der Waals surface area contributed by atoms with E-state index in [2.05, 4.69) is 32.6 Å². The van der Waals surface area contributed by atoms with Gasteiger partial charge in [-0.2, -0.15) is 9.78 Å². The number of ether oxygens (including phenoxy) is 1. The molecule has 0 fully saturated rings. The number of aromatic nitrogens is 2. The first-order chi connectivity index (χ1) is 13.8. The second kappa shape index (κ2) is 8.61. The standard InChI is InChI=1S/C22H22BrN3O3/c1-5-6-15-9-14(10-19(29-4)20(15)27)12-24-26-21(13(2)3)25-18-8-7-16(23)11-17(18)22(26)28/h5,7-13,27H,1,6H2,2-4H3. The van der Waals surface area contributed by atoms with Crippen LogP contribution in [0.2, 0.25) is 0 Å². The molecule has 0 radical (unpaired) electrons. The van der Waals surface area contributed by atoms with Crippen LogP contribution in [0, 0.1) is 0 Å². The normalized spacial score (nSPS) is 11.5. The number of nitrogens with zero attached hydrogens (tertiary/aromatic N) is 3. The van der Waals surface area contributed by atoms with E-state index < -0.39 is 0 Å². The highest BCUT2D eigenvalue weighted by Gasteiger charge is 2.14. The Labute approximate surface area is 177 Å². The van der Waals surface area contributed by atoms with E-state index in [4.69, 9.17) is 4.74 Å². The summed E-state index contributed by atoms with van der Waals surface area (Å²) < 4.78 is 7.37. The maximum absolute atomic E-state index is 13.1. The summed E-state index contributed by atoms with van der Waals surface area (Å²) in [5.74, 6) is 0.973. The van der Waals surface area contributed by atoms with Crippen LogP contribution in [-0.4, -0.2) is 28.1 Å². The van der Waals surface area contributed by atoms with Crippen molar-refractivity contribution in [3.05, 3.63) is 74.8 Å². The van der Waals surface area contributed by atoms with Crippen molar-refractivity contribution in [2.24, 2.45) is 5.10 Å². The summed E-state index contributed by atoms with van der Waals surface area (Å²) in [6, 6.07) is 8.86. The van der Waals surface area contributed by atoms with Crippen molar-refractivity contribution in [1.82, 2.24) is 9.66 Å². The van der Waals surface area contributed by atoms with Gasteiger partial charge < -0.3 is 9.84 Å². The van der Waals surface area contributed by atoms with E-state index in [1.165, 1.54) is 11.8 Å². The Morgan fingerprint density at radius 2 is 2.10 bits per heavy atom. The quantitative estimate of drug-likeness (QED) is 0.434. The second-order valence-electron chi connectivity index (χ2n) is 6.87. The first-order valence-corrected chi connectivity index (χ1v) is 9.92. The zero-order chi connectivity index (χ0) is 21.1. The number of allylic oxidation sites excluding steroid dienone is 1. The highest BCUT2D eigenvalue weighted by molar-refractivity contribution is 9.10. The van der Waals surface area contributed by atoms with Gasteiger partial charge in [0.15, 0.2) is 11.5 Å². The lowest BCUT2D eigenvalue weighted by Gasteiger charge is -2.12. The molecule has 1 aromatic heterocycles. The van der Waals surface area contributed by atoms with Crippen LogP contribution in [0.3, 0.4) is 0 Å². The van der Waals surface area contributed by atoms with E-state index in [-0.39, 0.29) is 17.2 Å². The molecule has 0 saturated heterocycles. The third-order valence-electron chi connectivity index (χ3n) is 4.43. The minimum atomic E-state index is -0.242. The molecule has 0 aliphatic rings. The number of phenols is 1. The highest BCUT2D eigenvalue weighted by atomic mass is 79.9. The summed E-state index contributed by atoms with van der Waals surface area (Å²) in [6.45, 7) is 7.64. The van der Waals surface area contributed by atoms with Crippen molar-refractivity contribution in [2.45, 2.75) is 26.2 Å². The molecule has 0 amide bonds. The molecule has 0 aliphatic heterocycles. The van der Waals surface area contributed by atoms with Crippen LogP contribution >= 0.6 is 15.9 Å². The van der Waals surface area contributed by atoms with E-state index in [9.17, 15) is 9.90 Å². The van der Waals surface area contributed by atoms with E-state index in [0.717, 1.165) is 4.47 Å². The number of fused-ring (bicyclic) bond motifs is 1. The molecule has 1 N–H and O–H groups in total. The fraction of sp³-hybridized carbons (Fsp3) is 0.227. The second-order valence-corrected chi connectivity index (χ2v) is 7.79. The van der Waals surface area contributed by atoms with Gasteiger partial charge in [-0.15, -0.1) is 6.58 Å². The predicted octanol–water partition coefficient (Wildman–Crippen LogP) is 4.61. The lowest BCUT2D eigenvalue weighted by molar-refractivity contribution is 0.371. The molecule has 150 valence electrons. The fourth-order valence-electron chi connectivity index (χ4n) is 3.01. The monoisotopic (exact) mass is 455 g/mol. The molecule has 0 unspecified atom stereocenters. The molecule has 2 aromatic carbocycles. The number of halogens is 1. The van der Waals surface area contributed by atoms with E-state index >= 15 is 0 Å². The average Bonchev–Trinajstić information content (AvgIpc) is 2.69. The third-order valence-corrected chi connectivity index (χ3v) is 4.93. The number of rotatable bonds is 6. The minimum absolute atomic E-state index is 0.00132. The van der Waals surface area contributed by atoms with Crippen molar-refractivity contribution >= 4 is 33.0 Å². The van der Waals surface area contributed by atoms with E-state index in [0.29, 0.717) is 40.0 Å². The zero-order valence-electron chi connectivity index (χ0n) is 16.5. The molecule has 0 spiro atoms. The molecular weight excluding hydrogens is 434 g/mol. The molecule has 0 saturated carbocycles. The Kier molecular flexibility index (Phi) is 6.17. The summed E-state index contributed by atoms with van der Waals surface area (Å²) in [6.07, 6.45) is 3.74. The Balaban J connectivity index is 2.17. The van der Waals surface area contributed by atoms with Crippen LogP contribution in [0.15, 0.2) is 57.4 Å². The minimum Gasteiger partial charge on any atom is -0.504 e. The first-order valence-electron chi connectivity index (χ1n) is 9.13. The molecule has 3 aromatic rings. The summed E-state index contributed by atoms with van der Waals surface area (Å²) in [5.41, 5.74) is 1.74. The van der Waals surface area contributed by atoms with Crippen LogP contribution in [0.25, 0.3) is 10.9 Å². The van der Waals surface area contributed by atoms with Gasteiger partial charge in [0.25, 0.3) is 5.56 Å². The molecule has 7 heteroatoms. The molecular formula is C22H22BrN3O3. The van der Waals surface area contributed by atoms with Crippen molar-refractivity contribution < 1.29 is 9.84 Å². The zero-order valence-corrected chi connectivity index (χ0v) is 18.1. The van der Waals surface area contributed by atoms with Gasteiger partial charge in [0, 0.05) is 16.0 Å². The van der Waals surface area contributed by atoms with Gasteiger partial charge in [0.2, 0.25) is 0 Å². The van der Waals surface area contributed by atoms with Crippen LogP contribution in [-0.2, 0) is 6.42 Å². The van der Waals surface area contributed by atoms with Crippen molar-refractivity contribution in [2.75, 3.05) is 7.11 Å². The van der Waals surface area contributed by atoms with Crippen molar-refractivity contribution in [3.8, 4) is 11.5 Å². The topological polar surface area (TPSA) is 76.7 Å². The Hall–Kier alpha value is -2.93. The Morgan fingerprint density at radius 1 is 1.34 bits per heavy atom. The summed E-state index contributed by atoms with van der Waals surface area (Å²) >= 11 is 3.40. The Morgan fingerprint density at radius 3 is 2.76 bits per heavy atom. The predicted molar refractivity (Wildman–Crippen MR) is 119 cm³/mol. The average molecular weight is 456 g/mol. The van der Waals surface area contributed by atoms with Gasteiger partial charge >= 0.3 is 0 Å². The summed E-state index contributed by atoms with van der Waals surface area (Å²) in [7, 11) is 1.49. The number of hydrogen-bond donors (Lipinski definition) is 1. The highest BCUT2D eigenvalue weighted by Crippen LogP contribution is 2.31. The summed E-state index contributed by atoms with van der Waals surface area (Å²) in [5, 5.41) is 15.2. The molecule has 1 heterocycles. The molecule has 0 aliphatic carbocycles. The smallest absolute Gasteiger partial charge is 0.282 e. The number of hydrogen-bond acceptors (Lipinski definition) is 5. The van der Waals surface area contributed by atoms with E-state index in [1.807, 2.05) is 26.0 Å². The maximum Gasteiger partial charge on any atom is 0.282 e. The van der Waals surface area contributed by atoms with Crippen molar-refractivity contribution in [3.63, 3.8) is 0 Å². The van der Waals surface area contributed by atoms with Crippen molar-refractivity contribution in [1.29, 1.82) is 0 Å². The van der Waals surface area contributed by atoms with Gasteiger partial charge in [0.1, 0.15) is 5.82 Å². The van der Waals surface area contributed by atoms with E-state index in [1.54, 1.807) is 30.5 Å². The van der Waals surface area contributed by atoms with Gasteiger partial charge in [-0.25, -0.2) is 4.98 Å². The number of aromatic hydroxyl groups is 1. The van der Waals surface area contributed by atoms with Crippen LogP contribution < -0.4 is 10.3 Å². The fourth-order valence-corrected chi connectivity index (χ4v) is 3.37. The van der Waals surface area contributed by atoms with Crippen LogP contribution in [0.4, 0.5) is 0 Å². The van der Waals surface area contributed by atoms with Crippen LogP contribution in [0.5, 0.6) is 11.5 Å². The maximum atomic E-state index is 13.1. The van der Waals surface area contributed by atoms with Crippen LogP contribution in [0.1, 0.15) is 36.7 Å². The Bertz CT molecular complexity index is 1170. The molecule has 3 rings (SSSR count). The lowest BCUT2D eigenvalue weighted by atomic mass is 10.1. The number of methoxy groups -OCH3 is 1. The van der Waals surface area contributed by atoms with Gasteiger partial charge in [-0.05, 0) is 42.3 Å². The lowest BCUT2D eigenvalue weighted by Crippen LogP contribution is -2.23. The van der Waals surface area contributed by atoms with Gasteiger partial charge in [-0.1, -0.05) is 35.9 Å². The first kappa shape index (κ1) is 20.8. The largest absolute Gasteiger partial charge is 0.504 e. The number of phenolic OH excluding ortho intramolecular Hbond substituents is 1. The van der Waals surface area contributed by atoms with Gasteiger partial charge in [0.05, 0.1) is 24.2 Å². The molecule has 0 atom stereocenters. The molecule has 29 heavy (non-hydrogen) atoms. The third kappa shape index (κ3) is 4.24.